The van der Waals surface area contributed by atoms with Crippen LogP contribution in [-0.2, 0) is 42.8 Å². The monoisotopic (exact) mass is 636 g/mol. The van der Waals surface area contributed by atoms with Gasteiger partial charge < -0.3 is 58.1 Å². The van der Waals surface area contributed by atoms with Crippen LogP contribution in [0.2, 0.25) is 0 Å². The Labute approximate surface area is 270 Å². The van der Waals surface area contributed by atoms with Crippen LogP contribution in [0.1, 0.15) is 119 Å². The number of ether oxygens (including phenoxy) is 6. The maximum atomic E-state index is 10.5. The van der Waals surface area contributed by atoms with Crippen LogP contribution in [0.5, 0.6) is 0 Å². The summed E-state index contributed by atoms with van der Waals surface area (Å²) in [6.45, 7) is 14.5. The Morgan fingerprint density at radius 1 is 0.395 bits per heavy atom. The van der Waals surface area contributed by atoms with Crippen LogP contribution in [0, 0.1) is 0 Å². The molecule has 43 heavy (non-hydrogen) atoms. The number of hydrogen-bond acceptors (Lipinski definition) is 12. The second kappa shape index (κ2) is 38.7. The molecular formula is C30H57AlO12. The van der Waals surface area contributed by atoms with Gasteiger partial charge in [0.2, 0.25) is 0 Å². The van der Waals surface area contributed by atoms with Crippen LogP contribution in [-0.4, -0.2) is 93.8 Å². The van der Waals surface area contributed by atoms with E-state index in [-0.39, 0.29) is 17.4 Å². The predicted octanol–water partition coefficient (Wildman–Crippen LogP) is 1.71. The molecule has 0 aliphatic heterocycles. The summed E-state index contributed by atoms with van der Waals surface area (Å²) in [6, 6.07) is 0. The molecule has 0 aromatic carbocycles. The van der Waals surface area contributed by atoms with Gasteiger partial charge in [0.15, 0.2) is 18.9 Å². The van der Waals surface area contributed by atoms with Crippen molar-refractivity contribution in [2.75, 3.05) is 39.6 Å². The molecule has 0 unspecified atom stereocenters. The fourth-order valence-corrected chi connectivity index (χ4v) is 2.56. The van der Waals surface area contributed by atoms with Crippen LogP contribution in [0.4, 0.5) is 0 Å². The van der Waals surface area contributed by atoms with E-state index in [0.29, 0.717) is 39.6 Å². The van der Waals surface area contributed by atoms with Crippen molar-refractivity contribution in [3.05, 3.63) is 0 Å². The van der Waals surface area contributed by atoms with Gasteiger partial charge in [-0.15, -0.1) is 0 Å². The summed E-state index contributed by atoms with van der Waals surface area (Å²) in [4.78, 5) is 31.6. The number of rotatable bonds is 27. The normalized spacial score (nSPS) is 10.5. The summed E-state index contributed by atoms with van der Waals surface area (Å²) >= 11 is 0. The van der Waals surface area contributed by atoms with Crippen molar-refractivity contribution in [3.8, 4) is 0 Å². The number of carbonyl (C=O) groups excluding carboxylic acids is 3. The molecule has 0 atom stereocenters. The van der Waals surface area contributed by atoms with E-state index in [2.05, 4.69) is 0 Å². The molecular weight excluding hydrogens is 579 g/mol. The van der Waals surface area contributed by atoms with Crippen molar-refractivity contribution in [2.24, 2.45) is 0 Å². The van der Waals surface area contributed by atoms with E-state index in [1.807, 2.05) is 41.5 Å². The average Bonchev–Trinajstić information content (AvgIpc) is 2.95. The van der Waals surface area contributed by atoms with Gasteiger partial charge in [-0.25, -0.2) is 0 Å². The summed E-state index contributed by atoms with van der Waals surface area (Å²) in [6.07, 6.45) is 7.20. The van der Waals surface area contributed by atoms with Crippen molar-refractivity contribution in [1.82, 2.24) is 0 Å². The number of carboxylic acid groups (broad SMARTS) is 3. The molecule has 0 aliphatic rings. The Hall–Kier alpha value is -1.30. The summed E-state index contributed by atoms with van der Waals surface area (Å²) in [7, 11) is 0. The van der Waals surface area contributed by atoms with Gasteiger partial charge in [0.05, 0.1) is 57.5 Å². The first-order chi connectivity index (χ1) is 20.2. The Bertz CT molecular complexity index is 499. The molecule has 0 aromatic heterocycles. The van der Waals surface area contributed by atoms with Crippen molar-refractivity contribution < 1.29 is 58.1 Å². The number of aliphatic carboxylic acids is 3. The number of unbranched alkanes of at least 4 members (excludes halogenated alkanes) is 6. The molecule has 13 heteroatoms. The van der Waals surface area contributed by atoms with Crippen LogP contribution < -0.4 is 15.3 Å². The van der Waals surface area contributed by atoms with Gasteiger partial charge in [-0.3, -0.25) is 0 Å². The Morgan fingerprint density at radius 3 is 0.628 bits per heavy atom. The molecule has 0 saturated heterocycles. The van der Waals surface area contributed by atoms with E-state index < -0.39 is 36.8 Å². The van der Waals surface area contributed by atoms with E-state index in [1.54, 1.807) is 0 Å². The van der Waals surface area contributed by atoms with Crippen molar-refractivity contribution in [2.45, 2.75) is 137 Å². The smallest absolute Gasteiger partial charge is 0.545 e. The molecule has 0 bridgehead atoms. The minimum atomic E-state index is -1.29. The number of carbonyl (C=O) groups is 3. The third-order valence-electron chi connectivity index (χ3n) is 5.18. The first kappa shape index (κ1) is 48.6. The largest absolute Gasteiger partial charge is 3.00 e. The van der Waals surface area contributed by atoms with Gasteiger partial charge >= 0.3 is 17.4 Å². The maximum absolute atomic E-state index is 10.5. The summed E-state index contributed by atoms with van der Waals surface area (Å²) in [5, 5.41) is 31.6. The Morgan fingerprint density at radius 2 is 0.535 bits per heavy atom. The summed E-state index contributed by atoms with van der Waals surface area (Å²) < 4.78 is 30.0. The molecule has 0 saturated carbocycles. The fraction of sp³-hybridized carbons (Fsp3) is 0.900. The zero-order chi connectivity index (χ0) is 32.4. The van der Waals surface area contributed by atoms with Gasteiger partial charge in [0.25, 0.3) is 0 Å². The van der Waals surface area contributed by atoms with Gasteiger partial charge in [0.1, 0.15) is 0 Å². The SMILES string of the molecule is CCCCOC(OCCCC)C(=O)[O-].CCCCOC(OCCCC)C(=O)[O-].CCCCOC(OCCCC)C(=O)[O-].[Al+3]. The predicted molar refractivity (Wildman–Crippen MR) is 157 cm³/mol. The first-order valence-corrected chi connectivity index (χ1v) is 15.5. The molecule has 12 nitrogen and oxygen atoms in total. The molecule has 252 valence electrons. The molecule has 0 heterocycles. The number of carboxylic acids is 3. The average molecular weight is 637 g/mol. The zero-order valence-corrected chi connectivity index (χ0v) is 28.6. The van der Waals surface area contributed by atoms with E-state index in [4.69, 9.17) is 28.4 Å². The van der Waals surface area contributed by atoms with Crippen molar-refractivity contribution in [3.63, 3.8) is 0 Å². The topological polar surface area (TPSA) is 176 Å². The minimum Gasteiger partial charge on any atom is -0.545 e. The quantitative estimate of drug-likeness (QED) is 0.0726. The molecule has 0 radical (unpaired) electrons. The third kappa shape index (κ3) is 36.8. The molecule has 0 amide bonds. The molecule has 0 rings (SSSR count). The molecule has 0 N–H and O–H groups in total. The molecule has 0 spiro atoms. The third-order valence-corrected chi connectivity index (χ3v) is 5.18. The first-order valence-electron chi connectivity index (χ1n) is 15.5. The van der Waals surface area contributed by atoms with Crippen molar-refractivity contribution >= 4 is 35.3 Å². The van der Waals surface area contributed by atoms with Gasteiger partial charge in [0, 0.05) is 0 Å². The van der Waals surface area contributed by atoms with E-state index in [9.17, 15) is 29.7 Å². The van der Waals surface area contributed by atoms with Crippen LogP contribution in [0.3, 0.4) is 0 Å². The molecule has 0 aliphatic carbocycles. The standard InChI is InChI=1S/3C10H20O4.Al/c3*1-3-5-7-13-10(9(11)12)14-8-6-4-2;/h3*10H,3-8H2,1-2H3,(H,11,12);/q;;;+3/p-3. The van der Waals surface area contributed by atoms with Crippen LogP contribution >= 0.6 is 0 Å². The van der Waals surface area contributed by atoms with Gasteiger partial charge in [-0.2, -0.15) is 0 Å². The van der Waals surface area contributed by atoms with Gasteiger partial charge in [-0.1, -0.05) is 80.1 Å². The zero-order valence-electron chi connectivity index (χ0n) is 27.4. The van der Waals surface area contributed by atoms with E-state index in [0.717, 1.165) is 77.0 Å². The summed E-state index contributed by atoms with van der Waals surface area (Å²) in [5.41, 5.74) is 0. The second-order valence-corrected chi connectivity index (χ2v) is 9.30. The number of hydrogen-bond donors (Lipinski definition) is 0. The summed E-state index contributed by atoms with van der Waals surface area (Å²) in [5.74, 6) is -3.88. The van der Waals surface area contributed by atoms with Crippen LogP contribution in [0.15, 0.2) is 0 Å². The Balaban J connectivity index is -0.000000262. The Kier molecular flexibility index (Phi) is 43.8. The fourth-order valence-electron chi connectivity index (χ4n) is 2.56. The van der Waals surface area contributed by atoms with Gasteiger partial charge in [-0.05, 0) is 38.5 Å². The second-order valence-electron chi connectivity index (χ2n) is 9.30. The molecule has 0 aromatic rings. The van der Waals surface area contributed by atoms with Crippen molar-refractivity contribution in [1.29, 1.82) is 0 Å². The van der Waals surface area contributed by atoms with E-state index >= 15 is 0 Å². The minimum absolute atomic E-state index is 0. The van der Waals surface area contributed by atoms with E-state index in [1.165, 1.54) is 0 Å². The molecule has 0 fully saturated rings. The van der Waals surface area contributed by atoms with Crippen LogP contribution in [0.25, 0.3) is 0 Å². The maximum Gasteiger partial charge on any atom is 3.00 e.